The average molecular weight is 831 g/mol. The fraction of sp³-hybridized carbons (Fsp3) is 0.667. The van der Waals surface area contributed by atoms with E-state index in [1.807, 2.05) is 0 Å². The minimum Gasteiger partial charge on any atom is -0.385 e. The van der Waals surface area contributed by atoms with E-state index in [1.54, 1.807) is 0 Å². The molecule has 0 fully saturated rings. The molecular formula is C54H87O4P. The second-order valence-corrected chi connectivity index (χ2v) is 19.1. The van der Waals surface area contributed by atoms with Crippen molar-refractivity contribution >= 4 is 7.82 Å². The number of benzene rings is 3. The number of unbranched alkanes of at least 4 members (excludes halogenated alkanes) is 6. The van der Waals surface area contributed by atoms with Crippen LogP contribution in [-0.4, -0.2) is 0 Å². The smallest absolute Gasteiger partial charge is 0.385 e. The Hall–Kier alpha value is -2.71. The summed E-state index contributed by atoms with van der Waals surface area (Å²) >= 11 is 0. The van der Waals surface area contributed by atoms with Crippen LogP contribution in [0.15, 0.2) is 54.6 Å². The predicted molar refractivity (Wildman–Crippen MR) is 256 cm³/mol. The molecule has 3 atom stereocenters. The summed E-state index contributed by atoms with van der Waals surface area (Å²) < 4.78 is 37.8. The van der Waals surface area contributed by atoms with Crippen LogP contribution in [0.5, 0.6) is 17.2 Å². The molecule has 0 heterocycles. The maximum atomic E-state index is 16.4. The number of phosphoric ester groups is 1. The molecule has 0 saturated heterocycles. The Morgan fingerprint density at radius 3 is 0.881 bits per heavy atom. The Balaban J connectivity index is 2.35. The Morgan fingerprint density at radius 1 is 0.390 bits per heavy atom. The summed E-state index contributed by atoms with van der Waals surface area (Å²) in [5, 5.41) is 0. The topological polar surface area (TPSA) is 44.8 Å². The van der Waals surface area contributed by atoms with E-state index in [2.05, 4.69) is 117 Å². The molecule has 0 bridgehead atoms. The lowest BCUT2D eigenvalue weighted by Crippen LogP contribution is -2.15. The Morgan fingerprint density at radius 2 is 0.644 bits per heavy atom. The van der Waals surface area contributed by atoms with Gasteiger partial charge in [0.2, 0.25) is 0 Å². The van der Waals surface area contributed by atoms with E-state index < -0.39 is 7.82 Å². The van der Waals surface area contributed by atoms with Crippen LogP contribution in [0.1, 0.15) is 211 Å². The molecular weight excluding hydrogens is 744 g/mol. The molecule has 4 nitrogen and oxygen atoms in total. The van der Waals surface area contributed by atoms with Gasteiger partial charge in [0, 0.05) is 0 Å². The molecule has 0 saturated carbocycles. The second-order valence-electron chi connectivity index (χ2n) is 17.6. The summed E-state index contributed by atoms with van der Waals surface area (Å²) in [6.45, 7) is 20.4. The first-order valence-corrected chi connectivity index (χ1v) is 26.2. The Bertz CT molecular complexity index is 1440. The molecule has 59 heavy (non-hydrogen) atoms. The molecule has 3 rings (SSSR count). The van der Waals surface area contributed by atoms with Gasteiger partial charge in [0.05, 0.1) is 0 Å². The van der Waals surface area contributed by atoms with Gasteiger partial charge in [0.25, 0.3) is 0 Å². The van der Waals surface area contributed by atoms with Gasteiger partial charge in [0.15, 0.2) is 0 Å². The van der Waals surface area contributed by atoms with Gasteiger partial charge in [-0.05, 0) is 109 Å². The van der Waals surface area contributed by atoms with Crippen LogP contribution >= 0.6 is 7.82 Å². The number of hydrogen-bond donors (Lipinski definition) is 0. The summed E-state index contributed by atoms with van der Waals surface area (Å²) in [6, 6.07) is 19.6. The largest absolute Gasteiger partial charge is 0.647 e. The Kier molecular flexibility index (Phi) is 24.7. The molecule has 0 radical (unpaired) electrons. The van der Waals surface area contributed by atoms with Gasteiger partial charge in [-0.25, -0.2) is 0 Å². The molecule has 0 aliphatic heterocycles. The van der Waals surface area contributed by atoms with E-state index in [9.17, 15) is 0 Å². The molecule has 0 aromatic heterocycles. The molecule has 3 unspecified atom stereocenters. The molecule has 0 N–H and O–H groups in total. The van der Waals surface area contributed by atoms with Crippen molar-refractivity contribution in [2.45, 2.75) is 216 Å². The zero-order chi connectivity index (χ0) is 42.9. The normalized spacial score (nSPS) is 14.1. The molecule has 3 aromatic rings. The van der Waals surface area contributed by atoms with Crippen molar-refractivity contribution in [3.63, 3.8) is 0 Å². The highest BCUT2D eigenvalue weighted by atomic mass is 31.2. The summed E-state index contributed by atoms with van der Waals surface area (Å²) in [5.41, 5.74) is 6.63. The third-order valence-corrected chi connectivity index (χ3v) is 13.9. The lowest BCUT2D eigenvalue weighted by molar-refractivity contribution is 0.289. The zero-order valence-corrected chi connectivity index (χ0v) is 40.4. The fourth-order valence-electron chi connectivity index (χ4n) is 8.59. The molecule has 332 valence electrons. The molecule has 5 heteroatoms. The van der Waals surface area contributed by atoms with Gasteiger partial charge in [0.1, 0.15) is 17.2 Å². The van der Waals surface area contributed by atoms with Crippen LogP contribution in [0, 0.1) is 17.8 Å². The Labute approximate surface area is 364 Å². The van der Waals surface area contributed by atoms with Crippen LogP contribution < -0.4 is 13.6 Å². The van der Waals surface area contributed by atoms with Crippen LogP contribution in [0.3, 0.4) is 0 Å². The van der Waals surface area contributed by atoms with Gasteiger partial charge < -0.3 is 13.6 Å². The third kappa shape index (κ3) is 16.9. The van der Waals surface area contributed by atoms with E-state index in [0.29, 0.717) is 35.0 Å². The van der Waals surface area contributed by atoms with Crippen LogP contribution in [0.2, 0.25) is 0 Å². The van der Waals surface area contributed by atoms with Crippen molar-refractivity contribution in [2.24, 2.45) is 17.8 Å². The number of para-hydroxylation sites is 3. The second kappa shape index (κ2) is 28.7. The van der Waals surface area contributed by atoms with E-state index in [4.69, 9.17) is 13.6 Å². The molecule has 0 aliphatic rings. The molecule has 0 amide bonds. The number of aryl methyl sites for hydroxylation is 3. The zero-order valence-electron chi connectivity index (χ0n) is 39.5. The van der Waals surface area contributed by atoms with Crippen molar-refractivity contribution in [3.8, 4) is 17.2 Å². The highest BCUT2D eigenvalue weighted by Gasteiger charge is 2.38. The summed E-state index contributed by atoms with van der Waals surface area (Å²) in [7, 11) is -4.36. The predicted octanol–water partition coefficient (Wildman–Crippen LogP) is 17.6. The van der Waals surface area contributed by atoms with Gasteiger partial charge in [-0.15, -0.1) is 0 Å². The van der Waals surface area contributed by atoms with E-state index in [1.165, 1.54) is 57.8 Å². The van der Waals surface area contributed by atoms with Crippen molar-refractivity contribution in [2.75, 3.05) is 0 Å². The first kappa shape index (κ1) is 50.6. The third-order valence-electron chi connectivity index (χ3n) is 12.7. The highest BCUT2D eigenvalue weighted by molar-refractivity contribution is 7.49. The van der Waals surface area contributed by atoms with Gasteiger partial charge >= 0.3 is 7.82 Å². The molecule has 0 spiro atoms. The maximum Gasteiger partial charge on any atom is 0.647 e. The fourth-order valence-corrected chi connectivity index (χ4v) is 10.1. The first-order valence-electron chi connectivity index (χ1n) is 24.7. The monoisotopic (exact) mass is 831 g/mol. The number of rotatable bonds is 33. The van der Waals surface area contributed by atoms with Crippen molar-refractivity contribution in [3.05, 3.63) is 88.0 Å². The summed E-state index contributed by atoms with van der Waals surface area (Å²) in [4.78, 5) is 0. The lowest BCUT2D eigenvalue weighted by Gasteiger charge is -2.28. The van der Waals surface area contributed by atoms with Crippen LogP contribution in [0.4, 0.5) is 0 Å². The van der Waals surface area contributed by atoms with Crippen LogP contribution in [0.25, 0.3) is 0 Å². The summed E-state index contributed by atoms with van der Waals surface area (Å²) in [5.74, 6) is 3.69. The number of phosphoric acid groups is 1. The minimum absolute atomic E-state index is 0.519. The van der Waals surface area contributed by atoms with E-state index >= 15 is 4.57 Å². The van der Waals surface area contributed by atoms with Gasteiger partial charge in [-0.3, -0.25) is 0 Å². The van der Waals surface area contributed by atoms with E-state index in [0.717, 1.165) is 130 Å². The maximum absolute atomic E-state index is 16.4. The van der Waals surface area contributed by atoms with Crippen molar-refractivity contribution < 1.29 is 18.1 Å². The SMILES string of the molecule is CCCCc1cccc(CC(CC)CCCC)c1OP(=O)(Oc1c(CCCC)cccc1CC(CC)CCCC)Oc1c(CCCC)cccc1CC(CC)CCCC. The standard InChI is InChI=1S/C54H87O4P/c1-10-19-28-43(16-7)40-49-37-25-34-46(31-22-13-4)52(49)56-59(55,57-53-47(32-23-14-5)35-26-38-50(53)41-44(17-8)29-20-11-2)58-54-48(33-24-15-6)36-27-39-51(54)42-45(18-9)30-21-12-3/h25-27,34-39,43-45H,10-24,28-33,40-42H2,1-9H3. The molecule has 3 aromatic carbocycles. The minimum atomic E-state index is -4.36. The average Bonchev–Trinajstić information content (AvgIpc) is 3.25. The van der Waals surface area contributed by atoms with E-state index in [-0.39, 0.29) is 0 Å². The summed E-state index contributed by atoms with van der Waals surface area (Å²) in [6.07, 6.45) is 25.5. The van der Waals surface area contributed by atoms with Gasteiger partial charge in [-0.2, -0.15) is 4.57 Å². The first-order chi connectivity index (χ1) is 28.7. The lowest BCUT2D eigenvalue weighted by atomic mass is 9.90. The number of hydrogen-bond acceptors (Lipinski definition) is 4. The quantitative estimate of drug-likeness (QED) is 0.0574. The van der Waals surface area contributed by atoms with Crippen LogP contribution in [-0.2, 0) is 43.1 Å². The van der Waals surface area contributed by atoms with Crippen molar-refractivity contribution in [1.29, 1.82) is 0 Å². The van der Waals surface area contributed by atoms with Gasteiger partial charge in [-0.1, -0.05) is 213 Å². The highest BCUT2D eigenvalue weighted by Crippen LogP contribution is 2.55. The molecule has 0 aliphatic carbocycles. The van der Waals surface area contributed by atoms with Crippen molar-refractivity contribution in [1.82, 2.24) is 0 Å².